The first kappa shape index (κ1) is 12.2. The van der Waals surface area contributed by atoms with Crippen molar-refractivity contribution >= 4 is 11.6 Å². The molecule has 0 aliphatic heterocycles. The predicted octanol–water partition coefficient (Wildman–Crippen LogP) is 3.32. The summed E-state index contributed by atoms with van der Waals surface area (Å²) in [5.41, 5.74) is 2.06. The lowest BCUT2D eigenvalue weighted by atomic mass is 10.1. The quantitative estimate of drug-likeness (QED) is 0.606. The number of carbonyl (C=O) groups is 1. The predicted molar refractivity (Wildman–Crippen MR) is 68.4 cm³/mol. The molecule has 1 amide bonds. The summed E-state index contributed by atoms with van der Waals surface area (Å²) in [4.78, 5) is 11.5. The van der Waals surface area contributed by atoms with Gasteiger partial charge in [0.2, 0.25) is 5.91 Å². The minimum absolute atomic E-state index is 0.105. The molecule has 16 heavy (non-hydrogen) atoms. The van der Waals surface area contributed by atoms with Crippen LogP contribution in [-0.2, 0) is 11.2 Å². The van der Waals surface area contributed by atoms with E-state index < -0.39 is 0 Å². The third-order valence-electron chi connectivity index (χ3n) is 2.15. The molecule has 2 nitrogen and oxygen atoms in total. The largest absolute Gasteiger partial charge is 0.323 e. The van der Waals surface area contributed by atoms with Crippen molar-refractivity contribution in [2.45, 2.75) is 20.3 Å². The van der Waals surface area contributed by atoms with Crippen LogP contribution in [0.3, 0.4) is 0 Å². The molecule has 0 atom stereocenters. The summed E-state index contributed by atoms with van der Waals surface area (Å²) >= 11 is 0. The lowest BCUT2D eigenvalue weighted by Crippen LogP contribution is -2.07. The second kappa shape index (κ2) is 6.62. The van der Waals surface area contributed by atoms with Crippen molar-refractivity contribution in [2.24, 2.45) is 0 Å². The minimum Gasteiger partial charge on any atom is -0.323 e. The summed E-state index contributed by atoms with van der Waals surface area (Å²) in [5.74, 6) is -0.105. The number of anilines is 1. The Morgan fingerprint density at radius 3 is 2.88 bits per heavy atom. The summed E-state index contributed by atoms with van der Waals surface area (Å²) in [7, 11) is 0. The Morgan fingerprint density at radius 1 is 1.38 bits per heavy atom. The zero-order valence-electron chi connectivity index (χ0n) is 9.73. The number of benzene rings is 1. The SMILES string of the molecule is CC=CC=CC(=O)Nc1cccc(CC)c1. The standard InChI is InChI=1S/C14H17NO/c1-3-5-6-10-14(16)15-13-9-7-8-12(4-2)11-13/h3,5-11H,4H2,1-2H3,(H,15,16). The highest BCUT2D eigenvalue weighted by Gasteiger charge is 1.97. The van der Waals surface area contributed by atoms with Crippen LogP contribution in [0.4, 0.5) is 5.69 Å². The first-order valence-electron chi connectivity index (χ1n) is 5.45. The number of aryl methyl sites for hydroxylation is 1. The van der Waals surface area contributed by atoms with Gasteiger partial charge in [0.25, 0.3) is 0 Å². The van der Waals surface area contributed by atoms with Gasteiger partial charge in [0.15, 0.2) is 0 Å². The molecule has 0 heterocycles. The fourth-order valence-electron chi connectivity index (χ4n) is 1.31. The summed E-state index contributed by atoms with van der Waals surface area (Å²) in [6.45, 7) is 4.00. The Labute approximate surface area is 96.7 Å². The summed E-state index contributed by atoms with van der Waals surface area (Å²) in [6.07, 6.45) is 7.90. The average molecular weight is 215 g/mol. The Bertz CT molecular complexity index is 405. The first-order valence-corrected chi connectivity index (χ1v) is 5.45. The molecular weight excluding hydrogens is 198 g/mol. The van der Waals surface area contributed by atoms with Gasteiger partial charge in [-0.2, -0.15) is 0 Å². The van der Waals surface area contributed by atoms with E-state index in [-0.39, 0.29) is 5.91 Å². The van der Waals surface area contributed by atoms with E-state index in [0.29, 0.717) is 0 Å². The number of hydrogen-bond acceptors (Lipinski definition) is 1. The lowest BCUT2D eigenvalue weighted by Gasteiger charge is -2.03. The van der Waals surface area contributed by atoms with Gasteiger partial charge in [-0.3, -0.25) is 4.79 Å². The molecule has 84 valence electrons. The fourth-order valence-corrected chi connectivity index (χ4v) is 1.31. The number of allylic oxidation sites excluding steroid dienone is 3. The van der Waals surface area contributed by atoms with Crippen LogP contribution < -0.4 is 5.32 Å². The van der Waals surface area contributed by atoms with Crippen molar-refractivity contribution in [3.8, 4) is 0 Å². The van der Waals surface area contributed by atoms with Crippen molar-refractivity contribution in [3.05, 3.63) is 54.1 Å². The third-order valence-corrected chi connectivity index (χ3v) is 2.15. The number of amides is 1. The average Bonchev–Trinajstić information content (AvgIpc) is 2.29. The highest BCUT2D eigenvalue weighted by atomic mass is 16.1. The van der Waals surface area contributed by atoms with Gasteiger partial charge in [0, 0.05) is 11.8 Å². The monoisotopic (exact) mass is 215 g/mol. The van der Waals surface area contributed by atoms with Crippen LogP contribution in [0.2, 0.25) is 0 Å². The van der Waals surface area contributed by atoms with Gasteiger partial charge in [-0.05, 0) is 31.0 Å². The van der Waals surface area contributed by atoms with Gasteiger partial charge in [-0.15, -0.1) is 0 Å². The first-order chi connectivity index (χ1) is 7.76. The molecule has 1 aromatic rings. The molecule has 0 saturated heterocycles. The fraction of sp³-hybridized carbons (Fsp3) is 0.214. The number of nitrogens with one attached hydrogen (secondary N) is 1. The van der Waals surface area contributed by atoms with E-state index in [9.17, 15) is 4.79 Å². The highest BCUT2D eigenvalue weighted by molar-refractivity contribution is 5.99. The van der Waals surface area contributed by atoms with E-state index in [2.05, 4.69) is 12.2 Å². The second-order valence-corrected chi connectivity index (χ2v) is 3.43. The van der Waals surface area contributed by atoms with E-state index >= 15 is 0 Å². The summed E-state index contributed by atoms with van der Waals surface area (Å²) < 4.78 is 0. The van der Waals surface area contributed by atoms with Crippen molar-refractivity contribution in [3.63, 3.8) is 0 Å². The van der Waals surface area contributed by atoms with Gasteiger partial charge >= 0.3 is 0 Å². The van der Waals surface area contributed by atoms with Crippen molar-refractivity contribution in [2.75, 3.05) is 5.32 Å². The van der Waals surface area contributed by atoms with Gasteiger partial charge in [0.1, 0.15) is 0 Å². The molecule has 0 aromatic heterocycles. The van der Waals surface area contributed by atoms with Gasteiger partial charge in [0.05, 0.1) is 0 Å². The molecule has 0 spiro atoms. The normalized spacial score (nSPS) is 11.1. The molecule has 0 saturated carbocycles. The van der Waals surface area contributed by atoms with E-state index in [1.165, 1.54) is 11.6 Å². The van der Waals surface area contributed by atoms with Crippen LogP contribution in [0, 0.1) is 0 Å². The molecule has 1 aromatic carbocycles. The molecule has 1 rings (SSSR count). The Kier molecular flexibility index (Phi) is 5.06. The number of rotatable bonds is 4. The van der Waals surface area contributed by atoms with Gasteiger partial charge in [-0.1, -0.05) is 37.3 Å². The summed E-state index contributed by atoms with van der Waals surface area (Å²) in [5, 5.41) is 2.82. The molecule has 0 aliphatic carbocycles. The molecule has 1 N–H and O–H groups in total. The topological polar surface area (TPSA) is 29.1 Å². The van der Waals surface area contributed by atoms with E-state index in [1.54, 1.807) is 6.08 Å². The van der Waals surface area contributed by atoms with Crippen LogP contribution >= 0.6 is 0 Å². The molecule has 0 aliphatic rings. The second-order valence-electron chi connectivity index (χ2n) is 3.43. The van der Waals surface area contributed by atoms with E-state index in [4.69, 9.17) is 0 Å². The van der Waals surface area contributed by atoms with Gasteiger partial charge in [-0.25, -0.2) is 0 Å². The number of carbonyl (C=O) groups excluding carboxylic acids is 1. The van der Waals surface area contributed by atoms with Crippen LogP contribution in [0.15, 0.2) is 48.6 Å². The maximum absolute atomic E-state index is 11.5. The smallest absolute Gasteiger partial charge is 0.248 e. The molecule has 0 unspecified atom stereocenters. The highest BCUT2D eigenvalue weighted by Crippen LogP contribution is 2.10. The van der Waals surface area contributed by atoms with Crippen molar-refractivity contribution < 1.29 is 4.79 Å². The van der Waals surface area contributed by atoms with E-state index in [1.807, 2.05) is 43.3 Å². The van der Waals surface area contributed by atoms with Crippen molar-refractivity contribution in [1.29, 1.82) is 0 Å². The molecule has 0 radical (unpaired) electrons. The molecule has 2 heteroatoms. The van der Waals surface area contributed by atoms with Crippen molar-refractivity contribution in [1.82, 2.24) is 0 Å². The van der Waals surface area contributed by atoms with Crippen LogP contribution in [-0.4, -0.2) is 5.91 Å². The zero-order valence-corrected chi connectivity index (χ0v) is 9.73. The molecule has 0 fully saturated rings. The van der Waals surface area contributed by atoms with E-state index in [0.717, 1.165) is 12.1 Å². The van der Waals surface area contributed by atoms with Crippen LogP contribution in [0.1, 0.15) is 19.4 Å². The lowest BCUT2D eigenvalue weighted by molar-refractivity contribution is -0.111. The zero-order chi connectivity index (χ0) is 11.8. The number of hydrogen-bond donors (Lipinski definition) is 1. The van der Waals surface area contributed by atoms with Crippen LogP contribution in [0.25, 0.3) is 0 Å². The van der Waals surface area contributed by atoms with Crippen LogP contribution in [0.5, 0.6) is 0 Å². The maximum Gasteiger partial charge on any atom is 0.248 e. The Balaban J connectivity index is 2.62. The summed E-state index contributed by atoms with van der Waals surface area (Å²) in [6, 6.07) is 7.87. The Hall–Kier alpha value is -1.83. The molecular formula is C14H17NO. The Morgan fingerprint density at radius 2 is 2.19 bits per heavy atom. The van der Waals surface area contributed by atoms with Gasteiger partial charge < -0.3 is 5.32 Å². The molecule has 0 bridgehead atoms. The third kappa shape index (κ3) is 4.13. The maximum atomic E-state index is 11.5. The minimum atomic E-state index is -0.105.